The van der Waals surface area contributed by atoms with E-state index in [1.807, 2.05) is 20.9 Å². The van der Waals surface area contributed by atoms with Crippen molar-refractivity contribution in [1.82, 2.24) is 20.5 Å². The largest absolute Gasteiger partial charge is 0.465 e. The summed E-state index contributed by atoms with van der Waals surface area (Å²) in [6.45, 7) is 4.17. The highest BCUT2D eigenvalue weighted by Crippen LogP contribution is 2.39. The number of nitrogens with zero attached hydrogens (tertiary/aromatic N) is 2. The Kier molecular flexibility index (Phi) is 5.64. The summed E-state index contributed by atoms with van der Waals surface area (Å²) < 4.78 is 5.28. The third kappa shape index (κ3) is 3.58. The van der Waals surface area contributed by atoms with Gasteiger partial charge in [0.1, 0.15) is 11.4 Å². The predicted octanol–water partition coefficient (Wildman–Crippen LogP) is 1.92. The zero-order valence-electron chi connectivity index (χ0n) is 12.9. The fraction of sp³-hybridized carbons (Fsp3) is 0.786. The number of H-pyrrole nitrogens is 1. The first-order valence-electron chi connectivity index (χ1n) is 7.50. The molecule has 0 aliphatic heterocycles. The summed E-state index contributed by atoms with van der Waals surface area (Å²) in [5.74, 6) is 1.95. The second-order valence-corrected chi connectivity index (χ2v) is 6.43. The summed E-state index contributed by atoms with van der Waals surface area (Å²) in [5.41, 5.74) is -0.508. The minimum atomic E-state index is -0.508. The Morgan fingerprint density at radius 2 is 2.43 bits per heavy atom. The molecule has 7 heteroatoms. The summed E-state index contributed by atoms with van der Waals surface area (Å²) in [7, 11) is 1.86. The lowest BCUT2D eigenvalue weighted by Gasteiger charge is -2.32. The van der Waals surface area contributed by atoms with E-state index in [1.54, 1.807) is 11.8 Å². The molecule has 118 valence electrons. The highest BCUT2D eigenvalue weighted by atomic mass is 32.2. The van der Waals surface area contributed by atoms with Gasteiger partial charge in [-0.15, -0.1) is 5.10 Å². The average Bonchev–Trinajstić information content (AvgIpc) is 3.06. The van der Waals surface area contributed by atoms with Gasteiger partial charge in [0.25, 0.3) is 0 Å². The summed E-state index contributed by atoms with van der Waals surface area (Å²) >= 11 is 1.63. The Morgan fingerprint density at radius 1 is 1.62 bits per heavy atom. The molecular formula is C14H24N4O2S. The van der Waals surface area contributed by atoms with Crippen molar-refractivity contribution in [3.63, 3.8) is 0 Å². The Bertz CT molecular complexity index is 479. The number of hydrogen-bond donors (Lipinski definition) is 2. The van der Waals surface area contributed by atoms with Crippen LogP contribution in [0.15, 0.2) is 5.16 Å². The van der Waals surface area contributed by atoms with Crippen molar-refractivity contribution in [3.8, 4) is 0 Å². The Balaban J connectivity index is 1.92. The van der Waals surface area contributed by atoms with Crippen LogP contribution in [0.25, 0.3) is 0 Å². The smallest absolute Gasteiger partial charge is 0.326 e. The molecule has 2 N–H and O–H groups in total. The van der Waals surface area contributed by atoms with E-state index in [4.69, 9.17) is 4.74 Å². The molecule has 1 aromatic rings. The Hall–Kier alpha value is -1.08. The van der Waals surface area contributed by atoms with Crippen molar-refractivity contribution >= 4 is 17.7 Å². The molecule has 1 fully saturated rings. The number of carbonyl (C=O) groups is 1. The number of aromatic nitrogens is 3. The molecule has 21 heavy (non-hydrogen) atoms. The number of carbonyl (C=O) groups excluding carboxylic acids is 1. The van der Waals surface area contributed by atoms with Gasteiger partial charge < -0.3 is 10.1 Å². The SMILES string of the molecule is CCOC(=O)C1(NC)CCCC1CCSc1n[nH]c(C)n1. The monoisotopic (exact) mass is 312 g/mol. The summed E-state index contributed by atoms with van der Waals surface area (Å²) in [4.78, 5) is 16.6. The van der Waals surface area contributed by atoms with Crippen LogP contribution in [0.2, 0.25) is 0 Å². The first-order chi connectivity index (χ1) is 10.1. The van der Waals surface area contributed by atoms with E-state index in [0.717, 1.165) is 42.4 Å². The van der Waals surface area contributed by atoms with E-state index in [-0.39, 0.29) is 5.97 Å². The Morgan fingerprint density at radius 3 is 3.05 bits per heavy atom. The molecule has 0 saturated heterocycles. The highest BCUT2D eigenvalue weighted by molar-refractivity contribution is 7.99. The standard InChI is InChI=1S/C14H24N4O2S/c1-4-20-12(19)14(15-3)8-5-6-11(14)7-9-21-13-16-10(2)17-18-13/h11,15H,4-9H2,1-3H3,(H,16,17,18). The molecule has 6 nitrogen and oxygen atoms in total. The van der Waals surface area contributed by atoms with Gasteiger partial charge in [-0.2, -0.15) is 0 Å². The van der Waals surface area contributed by atoms with Gasteiger partial charge in [-0.1, -0.05) is 18.2 Å². The fourth-order valence-corrected chi connectivity index (χ4v) is 4.00. The number of aryl methyl sites for hydroxylation is 1. The van der Waals surface area contributed by atoms with E-state index in [2.05, 4.69) is 20.5 Å². The molecule has 1 saturated carbocycles. The van der Waals surface area contributed by atoms with Crippen LogP contribution in [0.5, 0.6) is 0 Å². The molecule has 1 heterocycles. The average molecular weight is 312 g/mol. The zero-order valence-corrected chi connectivity index (χ0v) is 13.8. The minimum absolute atomic E-state index is 0.103. The maximum absolute atomic E-state index is 12.3. The summed E-state index contributed by atoms with van der Waals surface area (Å²) in [6, 6.07) is 0. The molecular weight excluding hydrogens is 288 g/mol. The van der Waals surface area contributed by atoms with Gasteiger partial charge >= 0.3 is 5.97 Å². The van der Waals surface area contributed by atoms with E-state index in [9.17, 15) is 4.79 Å². The molecule has 1 aliphatic rings. The van der Waals surface area contributed by atoms with Crippen molar-refractivity contribution in [2.75, 3.05) is 19.4 Å². The van der Waals surface area contributed by atoms with Gasteiger partial charge in [0.2, 0.25) is 5.16 Å². The third-order valence-corrected chi connectivity index (χ3v) is 5.06. The van der Waals surface area contributed by atoms with E-state index < -0.39 is 5.54 Å². The van der Waals surface area contributed by atoms with Crippen LogP contribution in [0, 0.1) is 12.8 Å². The van der Waals surface area contributed by atoms with Gasteiger partial charge in [-0.3, -0.25) is 9.89 Å². The van der Waals surface area contributed by atoms with Crippen LogP contribution >= 0.6 is 11.8 Å². The lowest BCUT2D eigenvalue weighted by molar-refractivity contribution is -0.152. The molecule has 0 amide bonds. The van der Waals surface area contributed by atoms with Crippen LogP contribution in [0.3, 0.4) is 0 Å². The first kappa shape index (κ1) is 16.3. The summed E-state index contributed by atoms with van der Waals surface area (Å²) in [6.07, 6.45) is 3.94. The molecule has 2 rings (SSSR count). The Labute approximate surface area is 129 Å². The summed E-state index contributed by atoms with van der Waals surface area (Å²) in [5, 5.41) is 11.0. The van der Waals surface area contributed by atoms with Gasteiger partial charge in [-0.25, -0.2) is 4.98 Å². The second-order valence-electron chi connectivity index (χ2n) is 5.37. The molecule has 2 unspecified atom stereocenters. The molecule has 1 aromatic heterocycles. The number of likely N-dealkylation sites (N-methyl/N-ethyl adjacent to an activating group) is 1. The van der Waals surface area contributed by atoms with Crippen LogP contribution < -0.4 is 5.32 Å². The fourth-order valence-electron chi connectivity index (χ4n) is 3.11. The predicted molar refractivity (Wildman–Crippen MR) is 82.2 cm³/mol. The lowest BCUT2D eigenvalue weighted by Crippen LogP contribution is -2.54. The number of thioether (sulfide) groups is 1. The quantitative estimate of drug-likeness (QED) is 0.591. The highest BCUT2D eigenvalue weighted by Gasteiger charge is 2.48. The van der Waals surface area contributed by atoms with Crippen molar-refractivity contribution in [2.24, 2.45) is 5.92 Å². The topological polar surface area (TPSA) is 79.9 Å². The number of ether oxygens (including phenoxy) is 1. The number of aromatic amines is 1. The molecule has 0 aromatic carbocycles. The number of hydrogen-bond acceptors (Lipinski definition) is 6. The van der Waals surface area contributed by atoms with Crippen molar-refractivity contribution in [3.05, 3.63) is 5.82 Å². The van der Waals surface area contributed by atoms with E-state index in [1.165, 1.54) is 0 Å². The van der Waals surface area contributed by atoms with E-state index >= 15 is 0 Å². The van der Waals surface area contributed by atoms with Gasteiger partial charge in [0.15, 0.2) is 0 Å². The third-order valence-electron chi connectivity index (χ3n) is 4.18. The lowest BCUT2D eigenvalue weighted by atomic mass is 9.85. The maximum Gasteiger partial charge on any atom is 0.326 e. The van der Waals surface area contributed by atoms with E-state index in [0.29, 0.717) is 12.5 Å². The second kappa shape index (κ2) is 7.26. The number of nitrogens with one attached hydrogen (secondary N) is 2. The van der Waals surface area contributed by atoms with Gasteiger partial charge in [0.05, 0.1) is 6.61 Å². The van der Waals surface area contributed by atoms with Gasteiger partial charge in [-0.05, 0) is 46.1 Å². The first-order valence-corrected chi connectivity index (χ1v) is 8.49. The normalized spacial score (nSPS) is 25.2. The maximum atomic E-state index is 12.3. The molecule has 2 atom stereocenters. The minimum Gasteiger partial charge on any atom is -0.465 e. The van der Waals surface area contributed by atoms with Crippen molar-refractivity contribution in [1.29, 1.82) is 0 Å². The van der Waals surface area contributed by atoms with Gasteiger partial charge in [0, 0.05) is 5.75 Å². The number of rotatable bonds is 7. The molecule has 0 bridgehead atoms. The zero-order chi connectivity index (χ0) is 15.3. The molecule has 0 spiro atoms. The van der Waals surface area contributed by atoms with Crippen molar-refractivity contribution in [2.45, 2.75) is 50.2 Å². The number of esters is 1. The van der Waals surface area contributed by atoms with Crippen LogP contribution in [-0.2, 0) is 9.53 Å². The van der Waals surface area contributed by atoms with Crippen LogP contribution in [-0.4, -0.2) is 46.1 Å². The van der Waals surface area contributed by atoms with Crippen molar-refractivity contribution < 1.29 is 9.53 Å². The molecule has 0 radical (unpaired) electrons. The van der Waals surface area contributed by atoms with Crippen LogP contribution in [0.4, 0.5) is 0 Å². The molecule has 1 aliphatic carbocycles. The van der Waals surface area contributed by atoms with Crippen LogP contribution in [0.1, 0.15) is 38.4 Å².